The van der Waals surface area contributed by atoms with Gasteiger partial charge in [0.15, 0.2) is 16.7 Å². The summed E-state index contributed by atoms with van der Waals surface area (Å²) in [5.41, 5.74) is 4.38. The zero-order chi connectivity index (χ0) is 24.0. The molecular formula is C23H18F3N5O3. The summed E-state index contributed by atoms with van der Waals surface area (Å²) in [6.07, 6.45) is -4.74. The molecule has 0 saturated heterocycles. The molecule has 0 spiro atoms. The van der Waals surface area contributed by atoms with E-state index in [4.69, 9.17) is 14.9 Å². The van der Waals surface area contributed by atoms with Gasteiger partial charge < -0.3 is 14.9 Å². The van der Waals surface area contributed by atoms with E-state index < -0.39 is 17.4 Å². The van der Waals surface area contributed by atoms with E-state index in [0.29, 0.717) is 23.4 Å². The number of fused-ring (bicyclic) bond motifs is 2. The smallest absolute Gasteiger partial charge is 0.433 e. The highest BCUT2D eigenvalue weighted by atomic mass is 19.4. The summed E-state index contributed by atoms with van der Waals surface area (Å²) in [7, 11) is 0. The molecule has 0 bridgehead atoms. The van der Waals surface area contributed by atoms with E-state index in [1.807, 2.05) is 0 Å². The van der Waals surface area contributed by atoms with Crippen molar-refractivity contribution >= 4 is 16.7 Å². The van der Waals surface area contributed by atoms with Gasteiger partial charge in [-0.1, -0.05) is 36.4 Å². The van der Waals surface area contributed by atoms with Gasteiger partial charge in [0.1, 0.15) is 23.6 Å². The number of rotatable bonds is 5. The lowest BCUT2D eigenvalue weighted by molar-refractivity contribution is -0.140. The van der Waals surface area contributed by atoms with Crippen LogP contribution in [0.3, 0.4) is 0 Å². The Morgan fingerprint density at radius 3 is 2.56 bits per heavy atom. The van der Waals surface area contributed by atoms with E-state index in [0.717, 1.165) is 4.52 Å². The number of oxazole rings is 1. The zero-order valence-electron chi connectivity index (χ0n) is 17.8. The number of halogens is 3. The van der Waals surface area contributed by atoms with E-state index in [1.165, 1.54) is 19.1 Å². The molecule has 174 valence electrons. The second kappa shape index (κ2) is 8.03. The van der Waals surface area contributed by atoms with Crippen LogP contribution < -0.4 is 16.0 Å². The molecule has 2 aromatic carbocycles. The Kier molecular flexibility index (Phi) is 5.13. The minimum absolute atomic E-state index is 0.0620. The number of hydrogen-bond donors (Lipinski definition) is 2. The van der Waals surface area contributed by atoms with E-state index in [1.54, 1.807) is 36.4 Å². The van der Waals surface area contributed by atoms with Crippen LogP contribution in [-0.4, -0.2) is 32.7 Å². The van der Waals surface area contributed by atoms with Gasteiger partial charge in [0.2, 0.25) is 5.89 Å². The van der Waals surface area contributed by atoms with Crippen molar-refractivity contribution in [2.75, 3.05) is 13.2 Å². The number of aromatic amines is 1. The molecule has 0 fully saturated rings. The van der Waals surface area contributed by atoms with Gasteiger partial charge in [-0.05, 0) is 24.6 Å². The van der Waals surface area contributed by atoms with Gasteiger partial charge >= 0.3 is 6.18 Å². The molecule has 11 heteroatoms. The molecule has 0 unspecified atom stereocenters. The van der Waals surface area contributed by atoms with Crippen molar-refractivity contribution in [1.82, 2.24) is 19.6 Å². The molecule has 0 saturated carbocycles. The van der Waals surface area contributed by atoms with Crippen molar-refractivity contribution in [3.05, 3.63) is 70.3 Å². The van der Waals surface area contributed by atoms with Crippen LogP contribution in [0.5, 0.6) is 5.75 Å². The summed E-state index contributed by atoms with van der Waals surface area (Å²) in [6, 6.07) is 13.0. The number of ether oxygens (including phenoxy) is 1. The van der Waals surface area contributed by atoms with Crippen LogP contribution in [0.1, 0.15) is 11.4 Å². The number of aryl methyl sites for hydroxylation is 1. The molecule has 0 aliphatic carbocycles. The summed E-state index contributed by atoms with van der Waals surface area (Å²) in [4.78, 5) is 22.1. The molecule has 0 aliphatic rings. The molecule has 0 radical (unpaired) electrons. The van der Waals surface area contributed by atoms with E-state index in [9.17, 15) is 18.0 Å². The molecular weight excluding hydrogens is 451 g/mol. The van der Waals surface area contributed by atoms with Gasteiger partial charge in [0, 0.05) is 6.54 Å². The van der Waals surface area contributed by atoms with Crippen LogP contribution in [-0.2, 0) is 6.18 Å². The summed E-state index contributed by atoms with van der Waals surface area (Å²) in [5.74, 6) is 0.336. The first-order valence-electron chi connectivity index (χ1n) is 10.3. The normalized spacial score (nSPS) is 12.0. The van der Waals surface area contributed by atoms with Gasteiger partial charge in [0.25, 0.3) is 5.56 Å². The van der Waals surface area contributed by atoms with Crippen LogP contribution in [0, 0.1) is 6.92 Å². The summed E-state index contributed by atoms with van der Waals surface area (Å²) >= 11 is 0. The predicted molar refractivity (Wildman–Crippen MR) is 119 cm³/mol. The topological polar surface area (TPSA) is 111 Å². The quantitative estimate of drug-likeness (QED) is 0.400. The average Bonchev–Trinajstić information content (AvgIpc) is 3.40. The summed E-state index contributed by atoms with van der Waals surface area (Å²) in [5, 5.41) is 2.19. The van der Waals surface area contributed by atoms with Crippen LogP contribution in [0.15, 0.2) is 57.7 Å². The van der Waals surface area contributed by atoms with Crippen LogP contribution in [0.2, 0.25) is 0 Å². The highest BCUT2D eigenvalue weighted by molar-refractivity contribution is 5.84. The van der Waals surface area contributed by atoms with Crippen LogP contribution >= 0.6 is 0 Å². The molecule has 3 aromatic heterocycles. The molecule has 8 nitrogen and oxygen atoms in total. The number of para-hydroxylation sites is 1. The van der Waals surface area contributed by atoms with Crippen LogP contribution in [0.25, 0.3) is 39.3 Å². The summed E-state index contributed by atoms with van der Waals surface area (Å²) < 4.78 is 53.8. The van der Waals surface area contributed by atoms with Crippen molar-refractivity contribution in [1.29, 1.82) is 0 Å². The van der Waals surface area contributed by atoms with Gasteiger partial charge in [-0.15, -0.1) is 0 Å². The van der Waals surface area contributed by atoms with Crippen molar-refractivity contribution in [3.8, 4) is 28.3 Å². The third kappa shape index (κ3) is 3.50. The monoisotopic (exact) mass is 469 g/mol. The fourth-order valence-electron chi connectivity index (χ4n) is 3.82. The molecule has 0 atom stereocenters. The number of alkyl halides is 3. The Bertz CT molecular complexity index is 1570. The van der Waals surface area contributed by atoms with Gasteiger partial charge in [-0.3, -0.25) is 9.89 Å². The minimum atomic E-state index is -4.74. The third-order valence-electron chi connectivity index (χ3n) is 5.28. The zero-order valence-corrected chi connectivity index (χ0v) is 17.8. The standard InChI is InChI=1S/C23H18F3N5O3/c1-12-16(21-29-18-14(33-11-10-27)8-5-9-15(18)34-21)22(32)31-20(28-12)17(13-6-3-2-4-7-13)19(30-31)23(24,25)26/h2-9,30H,10-11,27H2,1H3. The van der Waals surface area contributed by atoms with Crippen LogP contribution in [0.4, 0.5) is 13.2 Å². The highest BCUT2D eigenvalue weighted by Gasteiger charge is 2.38. The fraction of sp³-hybridized carbons (Fsp3) is 0.174. The number of H-pyrrole nitrogens is 1. The number of hydrogen-bond acceptors (Lipinski definition) is 6. The van der Waals surface area contributed by atoms with Crippen molar-refractivity contribution in [2.24, 2.45) is 5.73 Å². The SMILES string of the molecule is Cc1nc2c(-c3ccccc3)c(C(F)(F)F)[nH]n2c(=O)c1-c1nc2c(OCCN)cccc2o1. The molecule has 0 amide bonds. The highest BCUT2D eigenvalue weighted by Crippen LogP contribution is 2.38. The van der Waals surface area contributed by atoms with E-state index >= 15 is 0 Å². The van der Waals surface area contributed by atoms with E-state index in [2.05, 4.69) is 15.1 Å². The molecule has 5 rings (SSSR count). The number of benzene rings is 2. The second-order valence-electron chi connectivity index (χ2n) is 7.52. The molecule has 3 N–H and O–H groups in total. The van der Waals surface area contributed by atoms with Crippen molar-refractivity contribution in [2.45, 2.75) is 13.1 Å². The van der Waals surface area contributed by atoms with Gasteiger partial charge in [-0.2, -0.15) is 17.7 Å². The lowest BCUT2D eigenvalue weighted by Gasteiger charge is -2.07. The Labute approximate surface area is 189 Å². The Balaban J connectivity index is 1.76. The Morgan fingerprint density at radius 1 is 1.09 bits per heavy atom. The van der Waals surface area contributed by atoms with Gasteiger partial charge in [-0.25, -0.2) is 9.97 Å². The predicted octanol–water partition coefficient (Wildman–Crippen LogP) is 4.16. The van der Waals surface area contributed by atoms with Crippen molar-refractivity contribution in [3.63, 3.8) is 0 Å². The first-order chi connectivity index (χ1) is 16.3. The maximum atomic E-state index is 13.9. The average molecular weight is 469 g/mol. The molecule has 34 heavy (non-hydrogen) atoms. The molecule has 5 aromatic rings. The maximum Gasteiger partial charge on any atom is 0.433 e. The fourth-order valence-corrected chi connectivity index (χ4v) is 3.82. The number of nitrogens with zero attached hydrogens (tertiary/aromatic N) is 3. The number of nitrogens with one attached hydrogen (secondary N) is 1. The van der Waals surface area contributed by atoms with Gasteiger partial charge in [0.05, 0.1) is 11.3 Å². The summed E-state index contributed by atoms with van der Waals surface area (Å²) in [6.45, 7) is 2.06. The first-order valence-corrected chi connectivity index (χ1v) is 10.3. The van der Waals surface area contributed by atoms with E-state index in [-0.39, 0.29) is 40.5 Å². The molecule has 0 aliphatic heterocycles. The number of nitrogens with two attached hydrogens (primary N) is 1. The maximum absolute atomic E-state index is 13.9. The number of aromatic nitrogens is 4. The lowest BCUT2D eigenvalue weighted by Crippen LogP contribution is -2.20. The van der Waals surface area contributed by atoms with Crippen molar-refractivity contribution < 1.29 is 22.3 Å². The first kappa shape index (κ1) is 21.7. The Hall–Kier alpha value is -4.12. The minimum Gasteiger partial charge on any atom is -0.490 e. The largest absolute Gasteiger partial charge is 0.490 e. The third-order valence-corrected chi connectivity index (χ3v) is 5.28. The second-order valence-corrected chi connectivity index (χ2v) is 7.52. The molecule has 3 heterocycles. The Morgan fingerprint density at radius 2 is 1.85 bits per heavy atom. The lowest BCUT2D eigenvalue weighted by atomic mass is 10.1.